The van der Waals surface area contributed by atoms with Crippen LogP contribution in [0.25, 0.3) is 0 Å². The predicted molar refractivity (Wildman–Crippen MR) is 69.4 cm³/mol. The van der Waals surface area contributed by atoms with Gasteiger partial charge in [0.05, 0.1) is 7.11 Å². The normalized spacial score (nSPS) is 12.9. The number of hydrogen-bond donors (Lipinski definition) is 1. The first-order valence-corrected chi connectivity index (χ1v) is 5.83. The second-order valence-corrected chi connectivity index (χ2v) is 5.21. The molecule has 1 aromatic rings. The number of methoxy groups -OCH3 is 1. The number of aliphatic carboxylic acids is 1. The van der Waals surface area contributed by atoms with E-state index in [2.05, 4.69) is 0 Å². The Morgan fingerprint density at radius 3 is 2.39 bits per heavy atom. The Kier molecular flexibility index (Phi) is 4.22. The van der Waals surface area contributed by atoms with Crippen LogP contribution in [0, 0.1) is 0 Å². The van der Waals surface area contributed by atoms with E-state index in [1.54, 1.807) is 19.2 Å². The molecule has 0 fully saturated rings. The van der Waals surface area contributed by atoms with Crippen LogP contribution in [0.2, 0.25) is 0 Å². The Hall–Kier alpha value is -1.71. The van der Waals surface area contributed by atoms with E-state index in [0.29, 0.717) is 5.75 Å². The van der Waals surface area contributed by atoms with Crippen molar-refractivity contribution >= 4 is 5.97 Å². The van der Waals surface area contributed by atoms with Gasteiger partial charge in [0.2, 0.25) is 0 Å². The molecular weight excluding hydrogens is 232 g/mol. The highest BCUT2D eigenvalue weighted by atomic mass is 16.5. The van der Waals surface area contributed by atoms with Gasteiger partial charge in [-0.25, -0.2) is 4.79 Å². The van der Waals surface area contributed by atoms with Gasteiger partial charge < -0.3 is 14.6 Å². The smallest absolute Gasteiger partial charge is 0.344 e. The van der Waals surface area contributed by atoms with Gasteiger partial charge in [0.1, 0.15) is 11.5 Å². The second kappa shape index (κ2) is 5.29. The lowest BCUT2D eigenvalue weighted by atomic mass is 9.86. The van der Waals surface area contributed by atoms with Crippen molar-refractivity contribution in [2.75, 3.05) is 7.11 Å². The molecule has 0 bridgehead atoms. The van der Waals surface area contributed by atoms with Crippen molar-refractivity contribution in [1.29, 1.82) is 0 Å². The first kappa shape index (κ1) is 14.4. The number of carbonyl (C=O) groups is 1. The third-order valence-corrected chi connectivity index (χ3v) is 2.65. The highest BCUT2D eigenvalue weighted by molar-refractivity contribution is 5.72. The zero-order chi connectivity index (χ0) is 13.9. The van der Waals surface area contributed by atoms with Crippen LogP contribution in [-0.4, -0.2) is 24.3 Å². The van der Waals surface area contributed by atoms with Crippen molar-refractivity contribution in [2.45, 2.75) is 39.2 Å². The van der Waals surface area contributed by atoms with Crippen LogP contribution < -0.4 is 9.47 Å². The summed E-state index contributed by atoms with van der Waals surface area (Å²) in [5.74, 6) is 0.333. The van der Waals surface area contributed by atoms with E-state index in [1.165, 1.54) is 6.92 Å². The number of carboxylic acid groups (broad SMARTS) is 1. The predicted octanol–water partition coefficient (Wildman–Crippen LogP) is 2.84. The Morgan fingerprint density at radius 2 is 1.94 bits per heavy atom. The zero-order valence-corrected chi connectivity index (χ0v) is 11.5. The fraction of sp³-hybridized carbons (Fsp3) is 0.500. The summed E-state index contributed by atoms with van der Waals surface area (Å²) in [7, 11) is 1.60. The van der Waals surface area contributed by atoms with Crippen LogP contribution in [0.1, 0.15) is 33.3 Å². The van der Waals surface area contributed by atoms with Crippen LogP contribution >= 0.6 is 0 Å². The molecule has 0 saturated heterocycles. The maximum Gasteiger partial charge on any atom is 0.344 e. The first-order chi connectivity index (χ1) is 8.25. The Bertz CT molecular complexity index is 432. The van der Waals surface area contributed by atoms with Crippen molar-refractivity contribution in [3.8, 4) is 11.5 Å². The Labute approximate surface area is 108 Å². The highest BCUT2D eigenvalue weighted by Crippen LogP contribution is 2.34. The molecule has 0 unspecified atom stereocenters. The molecule has 0 saturated carbocycles. The molecule has 0 aliphatic heterocycles. The molecule has 1 atom stereocenters. The summed E-state index contributed by atoms with van der Waals surface area (Å²) in [6.07, 6.45) is -0.875. The summed E-state index contributed by atoms with van der Waals surface area (Å²) in [5, 5.41) is 8.89. The lowest BCUT2D eigenvalue weighted by Gasteiger charge is -2.24. The molecule has 4 heteroatoms. The number of hydrogen-bond acceptors (Lipinski definition) is 3. The lowest BCUT2D eigenvalue weighted by molar-refractivity contribution is -0.144. The van der Waals surface area contributed by atoms with Gasteiger partial charge in [-0.05, 0) is 30.5 Å². The van der Waals surface area contributed by atoms with Gasteiger partial charge in [-0.15, -0.1) is 0 Å². The summed E-state index contributed by atoms with van der Waals surface area (Å²) >= 11 is 0. The Balaban J connectivity index is 3.14. The monoisotopic (exact) mass is 252 g/mol. The molecular formula is C14H20O4. The SMILES string of the molecule is COc1ccc(O[C@@H](C)C(=O)O)c(C(C)(C)C)c1. The van der Waals surface area contributed by atoms with Crippen molar-refractivity contribution in [2.24, 2.45) is 0 Å². The molecule has 4 nitrogen and oxygen atoms in total. The van der Waals surface area contributed by atoms with Crippen LogP contribution in [0.5, 0.6) is 11.5 Å². The Morgan fingerprint density at radius 1 is 1.33 bits per heavy atom. The second-order valence-electron chi connectivity index (χ2n) is 5.21. The lowest BCUT2D eigenvalue weighted by Crippen LogP contribution is -2.25. The van der Waals surface area contributed by atoms with E-state index in [4.69, 9.17) is 14.6 Å². The molecule has 0 amide bonds. The number of carboxylic acids is 1. The molecule has 0 aliphatic rings. The molecule has 0 aliphatic carbocycles. The van der Waals surface area contributed by atoms with Gasteiger partial charge in [-0.2, -0.15) is 0 Å². The van der Waals surface area contributed by atoms with Crippen molar-refractivity contribution in [3.63, 3.8) is 0 Å². The molecule has 1 aromatic carbocycles. The first-order valence-electron chi connectivity index (χ1n) is 5.83. The minimum absolute atomic E-state index is 0.151. The van der Waals surface area contributed by atoms with Gasteiger partial charge >= 0.3 is 5.97 Å². The molecule has 1 rings (SSSR count). The van der Waals surface area contributed by atoms with Crippen molar-refractivity contribution < 1.29 is 19.4 Å². The quantitative estimate of drug-likeness (QED) is 0.895. The number of ether oxygens (including phenoxy) is 2. The third kappa shape index (κ3) is 3.39. The molecule has 0 radical (unpaired) electrons. The van der Waals surface area contributed by atoms with Gasteiger partial charge in [0.15, 0.2) is 6.10 Å². The minimum atomic E-state index is -0.981. The largest absolute Gasteiger partial charge is 0.497 e. The average Bonchev–Trinajstić information content (AvgIpc) is 2.27. The molecule has 1 N–H and O–H groups in total. The molecule has 18 heavy (non-hydrogen) atoms. The third-order valence-electron chi connectivity index (χ3n) is 2.65. The van der Waals surface area contributed by atoms with Gasteiger partial charge in [-0.3, -0.25) is 0 Å². The van der Waals surface area contributed by atoms with Gasteiger partial charge in [0.25, 0.3) is 0 Å². The minimum Gasteiger partial charge on any atom is -0.497 e. The van der Waals surface area contributed by atoms with E-state index in [-0.39, 0.29) is 5.41 Å². The van der Waals surface area contributed by atoms with Crippen LogP contribution in [-0.2, 0) is 10.2 Å². The van der Waals surface area contributed by atoms with Crippen LogP contribution in [0.3, 0.4) is 0 Å². The molecule has 0 aromatic heterocycles. The summed E-state index contributed by atoms with van der Waals surface area (Å²) in [6.45, 7) is 7.64. The van der Waals surface area contributed by atoms with E-state index >= 15 is 0 Å². The van der Waals surface area contributed by atoms with Gasteiger partial charge in [-0.1, -0.05) is 20.8 Å². The summed E-state index contributed by atoms with van der Waals surface area (Å²) in [4.78, 5) is 10.8. The van der Waals surface area contributed by atoms with Crippen LogP contribution in [0.4, 0.5) is 0 Å². The van der Waals surface area contributed by atoms with E-state index in [0.717, 1.165) is 11.3 Å². The van der Waals surface area contributed by atoms with Crippen LogP contribution in [0.15, 0.2) is 18.2 Å². The maximum absolute atomic E-state index is 10.8. The average molecular weight is 252 g/mol. The van der Waals surface area contributed by atoms with Crippen molar-refractivity contribution in [1.82, 2.24) is 0 Å². The van der Waals surface area contributed by atoms with Gasteiger partial charge in [0, 0.05) is 5.56 Å². The number of benzene rings is 1. The fourth-order valence-corrected chi connectivity index (χ4v) is 1.57. The fourth-order valence-electron chi connectivity index (χ4n) is 1.57. The number of rotatable bonds is 4. The summed E-state index contributed by atoms with van der Waals surface area (Å²) in [6, 6.07) is 5.39. The zero-order valence-electron chi connectivity index (χ0n) is 11.5. The molecule has 0 heterocycles. The van der Waals surface area contributed by atoms with Crippen molar-refractivity contribution in [3.05, 3.63) is 23.8 Å². The topological polar surface area (TPSA) is 55.8 Å². The molecule has 100 valence electrons. The maximum atomic E-state index is 10.8. The summed E-state index contributed by atoms with van der Waals surface area (Å²) in [5.41, 5.74) is 0.775. The molecule has 0 spiro atoms. The van der Waals surface area contributed by atoms with E-state index in [1.807, 2.05) is 26.8 Å². The summed E-state index contributed by atoms with van der Waals surface area (Å²) < 4.78 is 10.7. The standard InChI is InChI=1S/C14H20O4/c1-9(13(15)16)18-12-7-6-10(17-5)8-11(12)14(2,3)4/h6-9H,1-5H3,(H,15,16)/t9-/m0/s1. The van der Waals surface area contributed by atoms with E-state index < -0.39 is 12.1 Å². The highest BCUT2D eigenvalue weighted by Gasteiger charge is 2.22. The van der Waals surface area contributed by atoms with E-state index in [9.17, 15) is 4.79 Å².